The van der Waals surface area contributed by atoms with Gasteiger partial charge in [0.05, 0.1) is 6.61 Å². The molecule has 0 amide bonds. The van der Waals surface area contributed by atoms with E-state index in [1.165, 1.54) is 32.4 Å². The van der Waals surface area contributed by atoms with Crippen LogP contribution in [0.15, 0.2) is 24.3 Å². The first-order valence-corrected chi connectivity index (χ1v) is 6.58. The van der Waals surface area contributed by atoms with E-state index in [1.54, 1.807) is 0 Å². The van der Waals surface area contributed by atoms with Crippen LogP contribution in [0.4, 0.5) is 5.69 Å². The summed E-state index contributed by atoms with van der Waals surface area (Å²) in [5, 5.41) is 13.0. The average Bonchev–Trinajstić information content (AvgIpc) is 2.95. The van der Waals surface area contributed by atoms with E-state index in [2.05, 4.69) is 16.3 Å². The highest BCUT2D eigenvalue weighted by Crippen LogP contribution is 2.30. The molecule has 2 N–H and O–H groups in total. The van der Waals surface area contributed by atoms with Crippen molar-refractivity contribution in [3.63, 3.8) is 0 Å². The predicted molar refractivity (Wildman–Crippen MR) is 69.0 cm³/mol. The maximum Gasteiger partial charge on any atom is 0.0701 e. The lowest BCUT2D eigenvalue weighted by atomic mass is 10.1. The number of nitrogens with zero attached hydrogens (tertiary/aromatic N) is 1. The van der Waals surface area contributed by atoms with E-state index >= 15 is 0 Å². The predicted octanol–water partition coefficient (Wildman–Crippen LogP) is 1.83. The first-order chi connectivity index (χ1) is 8.38. The van der Waals surface area contributed by atoms with E-state index in [0.29, 0.717) is 12.1 Å². The van der Waals surface area contributed by atoms with Gasteiger partial charge < -0.3 is 10.4 Å². The standard InChI is InChI=1S/C14H20N2O/c17-10-11-4-1-2-5-12(11)15-13-7-9-16-8-3-6-14(13)16/h1-2,4-5,13-15,17H,3,6-10H2. The van der Waals surface area contributed by atoms with Gasteiger partial charge in [-0.25, -0.2) is 0 Å². The number of para-hydroxylation sites is 1. The van der Waals surface area contributed by atoms with Crippen molar-refractivity contribution in [1.29, 1.82) is 0 Å². The topological polar surface area (TPSA) is 35.5 Å². The van der Waals surface area contributed by atoms with Crippen LogP contribution in [0, 0.1) is 0 Å². The summed E-state index contributed by atoms with van der Waals surface area (Å²) in [6.07, 6.45) is 3.88. The molecular weight excluding hydrogens is 212 g/mol. The number of hydrogen-bond donors (Lipinski definition) is 2. The lowest BCUT2D eigenvalue weighted by Gasteiger charge is -2.23. The van der Waals surface area contributed by atoms with Crippen molar-refractivity contribution in [2.45, 2.75) is 38.0 Å². The first kappa shape index (κ1) is 11.1. The molecule has 1 aromatic rings. The zero-order valence-corrected chi connectivity index (χ0v) is 10.1. The monoisotopic (exact) mass is 232 g/mol. The third kappa shape index (κ3) is 2.05. The zero-order chi connectivity index (χ0) is 11.7. The molecule has 0 bridgehead atoms. The molecule has 2 heterocycles. The van der Waals surface area contributed by atoms with Crippen LogP contribution in [0.2, 0.25) is 0 Å². The van der Waals surface area contributed by atoms with Gasteiger partial charge in [0.25, 0.3) is 0 Å². The Bertz CT molecular complexity index is 394. The Kier molecular flexibility index (Phi) is 3.04. The van der Waals surface area contributed by atoms with Crippen molar-refractivity contribution in [2.75, 3.05) is 18.4 Å². The van der Waals surface area contributed by atoms with Crippen molar-refractivity contribution in [2.24, 2.45) is 0 Å². The highest BCUT2D eigenvalue weighted by atomic mass is 16.3. The highest BCUT2D eigenvalue weighted by molar-refractivity contribution is 5.52. The second kappa shape index (κ2) is 4.67. The Labute approximate surface area is 102 Å². The van der Waals surface area contributed by atoms with Gasteiger partial charge in [0, 0.05) is 29.9 Å². The molecule has 2 saturated heterocycles. The van der Waals surface area contributed by atoms with Gasteiger partial charge in [-0.2, -0.15) is 0 Å². The molecule has 3 nitrogen and oxygen atoms in total. The van der Waals surface area contributed by atoms with E-state index < -0.39 is 0 Å². The maximum absolute atomic E-state index is 9.33. The van der Waals surface area contributed by atoms with Gasteiger partial charge in [-0.3, -0.25) is 4.90 Å². The van der Waals surface area contributed by atoms with Gasteiger partial charge in [-0.05, 0) is 31.9 Å². The Balaban J connectivity index is 1.74. The summed E-state index contributed by atoms with van der Waals surface area (Å²) in [5.74, 6) is 0. The van der Waals surface area contributed by atoms with Crippen LogP contribution in [-0.2, 0) is 6.61 Å². The number of anilines is 1. The summed E-state index contributed by atoms with van der Waals surface area (Å²) >= 11 is 0. The second-order valence-electron chi connectivity index (χ2n) is 5.10. The lowest BCUT2D eigenvalue weighted by Crippen LogP contribution is -2.34. The number of hydrogen-bond acceptors (Lipinski definition) is 3. The normalized spacial score (nSPS) is 28.3. The summed E-state index contributed by atoms with van der Waals surface area (Å²) < 4.78 is 0. The molecule has 0 aliphatic carbocycles. The molecule has 2 aliphatic rings. The van der Waals surface area contributed by atoms with E-state index in [-0.39, 0.29) is 6.61 Å². The minimum atomic E-state index is 0.115. The van der Waals surface area contributed by atoms with Crippen molar-refractivity contribution in [3.8, 4) is 0 Å². The third-order valence-electron chi connectivity index (χ3n) is 4.13. The molecule has 2 aliphatic heterocycles. The van der Waals surface area contributed by atoms with E-state index in [9.17, 15) is 5.11 Å². The fourth-order valence-electron chi connectivity index (χ4n) is 3.25. The van der Waals surface area contributed by atoms with E-state index in [0.717, 1.165) is 11.3 Å². The van der Waals surface area contributed by atoms with Crippen LogP contribution in [0.3, 0.4) is 0 Å². The van der Waals surface area contributed by atoms with Crippen LogP contribution in [0.25, 0.3) is 0 Å². The van der Waals surface area contributed by atoms with Gasteiger partial charge in [-0.1, -0.05) is 18.2 Å². The minimum Gasteiger partial charge on any atom is -0.392 e. The van der Waals surface area contributed by atoms with Gasteiger partial charge in [-0.15, -0.1) is 0 Å². The molecule has 2 fully saturated rings. The third-order valence-corrected chi connectivity index (χ3v) is 4.13. The fraction of sp³-hybridized carbons (Fsp3) is 0.571. The molecule has 0 radical (unpaired) electrons. The molecule has 2 unspecified atom stereocenters. The second-order valence-corrected chi connectivity index (χ2v) is 5.10. The van der Waals surface area contributed by atoms with Crippen molar-refractivity contribution in [3.05, 3.63) is 29.8 Å². The van der Waals surface area contributed by atoms with Crippen molar-refractivity contribution < 1.29 is 5.11 Å². The summed E-state index contributed by atoms with van der Waals surface area (Å²) in [4.78, 5) is 2.60. The van der Waals surface area contributed by atoms with Crippen LogP contribution < -0.4 is 5.32 Å². The molecule has 17 heavy (non-hydrogen) atoms. The van der Waals surface area contributed by atoms with Gasteiger partial charge in [0.1, 0.15) is 0 Å². The van der Waals surface area contributed by atoms with Crippen LogP contribution >= 0.6 is 0 Å². The number of aliphatic hydroxyl groups is 1. The average molecular weight is 232 g/mol. The van der Waals surface area contributed by atoms with Gasteiger partial charge in [0.15, 0.2) is 0 Å². The Morgan fingerprint density at radius 2 is 2.12 bits per heavy atom. The van der Waals surface area contributed by atoms with Crippen LogP contribution in [0.1, 0.15) is 24.8 Å². The molecule has 92 valence electrons. The molecular formula is C14H20N2O. The molecule has 1 aromatic carbocycles. The Morgan fingerprint density at radius 3 is 3.00 bits per heavy atom. The quantitative estimate of drug-likeness (QED) is 0.834. The number of benzene rings is 1. The van der Waals surface area contributed by atoms with Crippen molar-refractivity contribution in [1.82, 2.24) is 4.90 Å². The zero-order valence-electron chi connectivity index (χ0n) is 10.1. The summed E-state index contributed by atoms with van der Waals surface area (Å²) in [6.45, 7) is 2.61. The van der Waals surface area contributed by atoms with E-state index in [1.807, 2.05) is 18.2 Å². The van der Waals surface area contributed by atoms with Gasteiger partial charge in [0.2, 0.25) is 0 Å². The first-order valence-electron chi connectivity index (χ1n) is 6.58. The molecule has 3 heteroatoms. The van der Waals surface area contributed by atoms with Crippen LogP contribution in [-0.4, -0.2) is 35.2 Å². The maximum atomic E-state index is 9.33. The minimum absolute atomic E-state index is 0.115. The van der Waals surface area contributed by atoms with E-state index in [4.69, 9.17) is 0 Å². The number of fused-ring (bicyclic) bond motifs is 1. The fourth-order valence-corrected chi connectivity index (χ4v) is 3.25. The highest BCUT2D eigenvalue weighted by Gasteiger charge is 2.37. The summed E-state index contributed by atoms with van der Waals surface area (Å²) in [7, 11) is 0. The summed E-state index contributed by atoms with van der Waals surface area (Å²) in [5.41, 5.74) is 2.11. The lowest BCUT2D eigenvalue weighted by molar-refractivity contribution is 0.282. The summed E-state index contributed by atoms with van der Waals surface area (Å²) in [6, 6.07) is 9.34. The molecule has 0 aromatic heterocycles. The molecule has 0 spiro atoms. The molecule has 3 rings (SSSR count). The number of rotatable bonds is 3. The van der Waals surface area contributed by atoms with Crippen LogP contribution in [0.5, 0.6) is 0 Å². The largest absolute Gasteiger partial charge is 0.392 e. The Hall–Kier alpha value is -1.06. The molecule has 0 saturated carbocycles. The SMILES string of the molecule is OCc1ccccc1NC1CCN2CCCC12. The van der Waals surface area contributed by atoms with Crippen molar-refractivity contribution >= 4 is 5.69 Å². The Morgan fingerprint density at radius 1 is 1.24 bits per heavy atom. The number of aliphatic hydroxyl groups excluding tert-OH is 1. The number of nitrogens with one attached hydrogen (secondary N) is 1. The molecule has 2 atom stereocenters. The smallest absolute Gasteiger partial charge is 0.0701 e. The van der Waals surface area contributed by atoms with Gasteiger partial charge >= 0.3 is 0 Å².